The summed E-state index contributed by atoms with van der Waals surface area (Å²) in [5, 5.41) is 2.81. The molecule has 0 bridgehead atoms. The molecule has 3 rings (SSSR count). The van der Waals surface area contributed by atoms with Crippen LogP contribution in [-0.2, 0) is 21.2 Å². The lowest BCUT2D eigenvalue weighted by molar-refractivity contribution is -0.122. The normalized spacial score (nSPS) is 15.9. The van der Waals surface area contributed by atoms with Gasteiger partial charge in [0.25, 0.3) is 0 Å². The Morgan fingerprint density at radius 2 is 1.62 bits per heavy atom. The zero-order valence-electron chi connectivity index (χ0n) is 15.9. The second-order valence-corrected chi connectivity index (χ2v) is 8.74. The molecule has 6 nitrogen and oxygen atoms in total. The summed E-state index contributed by atoms with van der Waals surface area (Å²) >= 11 is 0. The number of nitrogens with zero attached hydrogens (tertiary/aromatic N) is 2. The lowest BCUT2D eigenvalue weighted by atomic mass is 10.1. The van der Waals surface area contributed by atoms with Gasteiger partial charge in [-0.25, -0.2) is 17.2 Å². The van der Waals surface area contributed by atoms with E-state index >= 15 is 0 Å². The topological polar surface area (TPSA) is 69.7 Å². The van der Waals surface area contributed by atoms with E-state index in [4.69, 9.17) is 0 Å². The van der Waals surface area contributed by atoms with Gasteiger partial charge >= 0.3 is 0 Å². The highest BCUT2D eigenvalue weighted by Gasteiger charge is 2.30. The molecular weight excluding hydrogens is 400 g/mol. The van der Waals surface area contributed by atoms with Gasteiger partial charge in [0.15, 0.2) is 0 Å². The highest BCUT2D eigenvalue weighted by Crippen LogP contribution is 2.20. The second-order valence-electron chi connectivity index (χ2n) is 6.84. The van der Waals surface area contributed by atoms with Crippen molar-refractivity contribution in [3.8, 4) is 0 Å². The predicted octanol–water partition coefficient (Wildman–Crippen LogP) is 1.63. The molecule has 29 heavy (non-hydrogen) atoms. The van der Waals surface area contributed by atoms with E-state index in [0.29, 0.717) is 26.1 Å². The SMILES string of the molecule is O=C(CN1CCN(S(=O)(=O)c2ccccc2F)CC1)NCCc1ccc(F)cc1. The lowest BCUT2D eigenvalue weighted by Gasteiger charge is -2.33. The summed E-state index contributed by atoms with van der Waals surface area (Å²) in [4.78, 5) is 13.6. The molecule has 1 aliphatic heterocycles. The van der Waals surface area contributed by atoms with Crippen LogP contribution in [0.3, 0.4) is 0 Å². The van der Waals surface area contributed by atoms with E-state index in [-0.39, 0.29) is 36.3 Å². The molecular formula is C20H23F2N3O3S. The average molecular weight is 423 g/mol. The van der Waals surface area contributed by atoms with Crippen LogP contribution in [0, 0.1) is 11.6 Å². The molecule has 0 radical (unpaired) electrons. The number of amides is 1. The van der Waals surface area contributed by atoms with Gasteiger partial charge in [-0.05, 0) is 36.2 Å². The third-order valence-corrected chi connectivity index (χ3v) is 6.73. The molecule has 1 saturated heterocycles. The average Bonchev–Trinajstić information content (AvgIpc) is 2.70. The number of sulfonamides is 1. The summed E-state index contributed by atoms with van der Waals surface area (Å²) in [6.45, 7) is 1.76. The van der Waals surface area contributed by atoms with Crippen LogP contribution in [0.25, 0.3) is 0 Å². The quantitative estimate of drug-likeness (QED) is 0.735. The molecule has 1 aliphatic rings. The van der Waals surface area contributed by atoms with Crippen LogP contribution in [0.4, 0.5) is 8.78 Å². The van der Waals surface area contributed by atoms with E-state index in [1.165, 1.54) is 34.6 Å². The molecule has 2 aromatic rings. The molecule has 0 spiro atoms. The van der Waals surface area contributed by atoms with E-state index in [0.717, 1.165) is 11.6 Å². The molecule has 0 unspecified atom stereocenters. The summed E-state index contributed by atoms with van der Waals surface area (Å²) in [7, 11) is -3.89. The Bertz CT molecular complexity index is 944. The standard InChI is InChI=1S/C20H23F2N3O3S/c21-17-7-5-16(6-8-17)9-10-23-20(26)15-24-11-13-25(14-12-24)29(27,28)19-4-2-1-3-18(19)22/h1-8H,9-15H2,(H,23,26). The number of piperazine rings is 1. The Hall–Kier alpha value is -2.36. The summed E-state index contributed by atoms with van der Waals surface area (Å²) in [5.41, 5.74) is 0.929. The van der Waals surface area contributed by atoms with Crippen molar-refractivity contribution in [2.24, 2.45) is 0 Å². The fourth-order valence-corrected chi connectivity index (χ4v) is 4.66. The Labute approximate surface area is 169 Å². The minimum absolute atomic E-state index is 0.155. The number of rotatable bonds is 7. The van der Waals surface area contributed by atoms with Gasteiger partial charge in [0, 0.05) is 32.7 Å². The molecule has 9 heteroatoms. The predicted molar refractivity (Wildman–Crippen MR) is 105 cm³/mol. The number of halogens is 2. The number of nitrogens with one attached hydrogen (secondary N) is 1. The van der Waals surface area contributed by atoms with Crippen molar-refractivity contribution in [3.63, 3.8) is 0 Å². The first-order valence-corrected chi connectivity index (χ1v) is 10.8. The second kappa shape index (κ2) is 9.43. The van der Waals surface area contributed by atoms with Crippen molar-refractivity contribution < 1.29 is 22.0 Å². The van der Waals surface area contributed by atoms with Crippen LogP contribution >= 0.6 is 0 Å². The molecule has 0 aliphatic carbocycles. The highest BCUT2D eigenvalue weighted by molar-refractivity contribution is 7.89. The zero-order chi connectivity index (χ0) is 20.9. The number of carbonyl (C=O) groups is 1. The fourth-order valence-electron chi connectivity index (χ4n) is 3.18. The third kappa shape index (κ3) is 5.59. The summed E-state index contributed by atoms with van der Waals surface area (Å²) < 4.78 is 53.2. The van der Waals surface area contributed by atoms with Crippen LogP contribution < -0.4 is 5.32 Å². The van der Waals surface area contributed by atoms with Crippen molar-refractivity contribution >= 4 is 15.9 Å². The monoisotopic (exact) mass is 423 g/mol. The minimum atomic E-state index is -3.89. The Morgan fingerprint density at radius 1 is 0.966 bits per heavy atom. The van der Waals surface area contributed by atoms with Gasteiger partial charge in [0.05, 0.1) is 6.54 Å². The van der Waals surface area contributed by atoms with E-state index in [1.54, 1.807) is 12.1 Å². The molecule has 0 saturated carbocycles. The van der Waals surface area contributed by atoms with Crippen molar-refractivity contribution in [2.75, 3.05) is 39.3 Å². The third-order valence-electron chi connectivity index (χ3n) is 4.80. The molecule has 0 aromatic heterocycles. The lowest BCUT2D eigenvalue weighted by Crippen LogP contribution is -2.51. The zero-order valence-corrected chi connectivity index (χ0v) is 16.7. The molecule has 156 valence electrons. The van der Waals surface area contributed by atoms with Gasteiger partial charge < -0.3 is 5.32 Å². The first-order valence-electron chi connectivity index (χ1n) is 9.34. The van der Waals surface area contributed by atoms with E-state index in [1.807, 2.05) is 4.90 Å². The van der Waals surface area contributed by atoms with Gasteiger partial charge in [-0.1, -0.05) is 24.3 Å². The Morgan fingerprint density at radius 3 is 2.28 bits per heavy atom. The van der Waals surface area contributed by atoms with Gasteiger partial charge in [0.1, 0.15) is 16.5 Å². The number of hydrogen-bond acceptors (Lipinski definition) is 4. The van der Waals surface area contributed by atoms with E-state index < -0.39 is 15.8 Å². The number of hydrogen-bond donors (Lipinski definition) is 1. The van der Waals surface area contributed by atoms with Crippen LogP contribution in [0.1, 0.15) is 5.56 Å². The van der Waals surface area contributed by atoms with Crippen molar-refractivity contribution in [1.29, 1.82) is 0 Å². The van der Waals surface area contributed by atoms with Crippen LogP contribution in [0.15, 0.2) is 53.4 Å². The minimum Gasteiger partial charge on any atom is -0.355 e. The molecule has 0 atom stereocenters. The molecule has 1 amide bonds. The van der Waals surface area contributed by atoms with E-state index in [2.05, 4.69) is 5.32 Å². The van der Waals surface area contributed by atoms with Crippen LogP contribution in [0.2, 0.25) is 0 Å². The first-order chi connectivity index (χ1) is 13.9. The van der Waals surface area contributed by atoms with Crippen molar-refractivity contribution in [1.82, 2.24) is 14.5 Å². The van der Waals surface area contributed by atoms with E-state index in [9.17, 15) is 22.0 Å². The first kappa shape index (κ1) is 21.4. The molecule has 1 N–H and O–H groups in total. The van der Waals surface area contributed by atoms with Gasteiger partial charge in [-0.2, -0.15) is 4.31 Å². The van der Waals surface area contributed by atoms with Gasteiger partial charge in [-0.3, -0.25) is 9.69 Å². The van der Waals surface area contributed by atoms with Gasteiger partial charge in [0.2, 0.25) is 15.9 Å². The number of benzene rings is 2. The molecule has 1 fully saturated rings. The maximum absolute atomic E-state index is 13.9. The maximum Gasteiger partial charge on any atom is 0.246 e. The molecule has 1 heterocycles. The van der Waals surface area contributed by atoms with Crippen molar-refractivity contribution in [3.05, 3.63) is 65.7 Å². The summed E-state index contributed by atoms with van der Waals surface area (Å²) in [6.07, 6.45) is 0.598. The highest BCUT2D eigenvalue weighted by atomic mass is 32.2. The summed E-state index contributed by atoms with van der Waals surface area (Å²) in [5.74, 6) is -1.22. The Balaban J connectivity index is 1.44. The number of carbonyl (C=O) groups excluding carboxylic acids is 1. The molecule has 2 aromatic carbocycles. The van der Waals surface area contributed by atoms with Crippen molar-refractivity contribution in [2.45, 2.75) is 11.3 Å². The largest absolute Gasteiger partial charge is 0.355 e. The Kier molecular flexibility index (Phi) is 6.94. The smallest absolute Gasteiger partial charge is 0.246 e. The van der Waals surface area contributed by atoms with Gasteiger partial charge in [-0.15, -0.1) is 0 Å². The van der Waals surface area contributed by atoms with Crippen LogP contribution in [-0.4, -0.2) is 62.8 Å². The maximum atomic E-state index is 13.9. The fraction of sp³-hybridized carbons (Fsp3) is 0.350. The summed E-state index contributed by atoms with van der Waals surface area (Å²) in [6, 6.07) is 11.4. The van der Waals surface area contributed by atoms with Crippen LogP contribution in [0.5, 0.6) is 0 Å².